The molecule has 0 saturated heterocycles. The highest BCUT2D eigenvalue weighted by molar-refractivity contribution is 5.76. The van der Waals surface area contributed by atoms with Crippen LogP contribution in [0.3, 0.4) is 0 Å². The van der Waals surface area contributed by atoms with Gasteiger partial charge in [-0.15, -0.1) is 0 Å². The minimum Gasteiger partial charge on any atom is -0.493 e. The zero-order valence-electron chi connectivity index (χ0n) is 14.1. The Morgan fingerprint density at radius 3 is 2.62 bits per heavy atom. The monoisotopic (exact) mass is 347 g/mol. The zero-order valence-corrected chi connectivity index (χ0v) is 14.1. The van der Waals surface area contributed by atoms with Crippen LogP contribution < -0.4 is 19.5 Å². The summed E-state index contributed by atoms with van der Waals surface area (Å²) in [6.07, 6.45) is 2.32. The number of fused-ring (bicyclic) bond motifs is 4. The Hall–Kier alpha value is -3.28. The van der Waals surface area contributed by atoms with Crippen molar-refractivity contribution >= 4 is 11.5 Å². The summed E-state index contributed by atoms with van der Waals surface area (Å²) in [5, 5.41) is 3.40. The Morgan fingerprint density at radius 1 is 0.808 bits per heavy atom. The molecule has 0 saturated carbocycles. The van der Waals surface area contributed by atoms with Gasteiger partial charge in [-0.25, -0.2) is 9.97 Å². The SMILES string of the molecule is c1ccc2c(c1)OCCc1c(Nc3ccc4c(c3)OCCO4)ncnc1-2. The molecule has 3 heterocycles. The van der Waals surface area contributed by atoms with Crippen LogP contribution in [-0.2, 0) is 6.42 Å². The first-order chi connectivity index (χ1) is 12.9. The van der Waals surface area contributed by atoms with Crippen LogP contribution in [0.2, 0.25) is 0 Å². The molecule has 2 aliphatic heterocycles. The predicted molar refractivity (Wildman–Crippen MR) is 97.4 cm³/mol. The summed E-state index contributed by atoms with van der Waals surface area (Å²) in [5.74, 6) is 3.16. The normalized spacial score (nSPS) is 14.5. The smallest absolute Gasteiger partial charge is 0.163 e. The van der Waals surface area contributed by atoms with Crippen molar-refractivity contribution in [1.82, 2.24) is 9.97 Å². The molecule has 6 heteroatoms. The van der Waals surface area contributed by atoms with Crippen molar-refractivity contribution in [1.29, 1.82) is 0 Å². The second kappa shape index (κ2) is 6.22. The second-order valence-electron chi connectivity index (χ2n) is 6.13. The molecular weight excluding hydrogens is 330 g/mol. The predicted octanol–water partition coefficient (Wildman–Crippen LogP) is 3.59. The number of ether oxygens (including phenoxy) is 3. The van der Waals surface area contributed by atoms with Crippen LogP contribution in [-0.4, -0.2) is 29.8 Å². The number of nitrogens with one attached hydrogen (secondary N) is 1. The van der Waals surface area contributed by atoms with E-state index in [-0.39, 0.29) is 0 Å². The molecule has 0 spiro atoms. The minimum atomic E-state index is 0.563. The summed E-state index contributed by atoms with van der Waals surface area (Å²) >= 11 is 0. The van der Waals surface area contributed by atoms with Crippen molar-refractivity contribution in [3.63, 3.8) is 0 Å². The molecule has 1 N–H and O–H groups in total. The van der Waals surface area contributed by atoms with E-state index in [9.17, 15) is 0 Å². The minimum absolute atomic E-state index is 0.563. The first kappa shape index (κ1) is 15.0. The Morgan fingerprint density at radius 2 is 1.65 bits per heavy atom. The number of benzene rings is 2. The van der Waals surface area contributed by atoms with Crippen LogP contribution in [0.1, 0.15) is 5.56 Å². The van der Waals surface area contributed by atoms with Gasteiger partial charge in [0.1, 0.15) is 31.1 Å². The zero-order chi connectivity index (χ0) is 17.3. The fourth-order valence-electron chi connectivity index (χ4n) is 3.30. The molecular formula is C20H17N3O3. The lowest BCUT2D eigenvalue weighted by Gasteiger charge is -2.19. The summed E-state index contributed by atoms with van der Waals surface area (Å²) in [4.78, 5) is 8.98. The standard InChI is InChI=1S/C20H17N3O3/c1-2-4-16-14(3-1)19-15(7-8-24-16)20(22-12-21-19)23-13-5-6-17-18(11-13)26-10-9-25-17/h1-6,11-12H,7-10H2,(H,21,22,23). The fourth-order valence-corrected chi connectivity index (χ4v) is 3.30. The van der Waals surface area contributed by atoms with Crippen LogP contribution in [0.5, 0.6) is 17.2 Å². The second-order valence-corrected chi connectivity index (χ2v) is 6.13. The number of hydrogen-bond donors (Lipinski definition) is 1. The molecule has 2 aromatic carbocycles. The van der Waals surface area contributed by atoms with Gasteiger partial charge >= 0.3 is 0 Å². The van der Waals surface area contributed by atoms with Crippen molar-refractivity contribution < 1.29 is 14.2 Å². The fraction of sp³-hybridized carbons (Fsp3) is 0.200. The Bertz CT molecular complexity index is 974. The largest absolute Gasteiger partial charge is 0.493 e. The van der Waals surface area contributed by atoms with Crippen molar-refractivity contribution in [3.05, 3.63) is 54.4 Å². The summed E-state index contributed by atoms with van der Waals surface area (Å²) in [6, 6.07) is 13.8. The van der Waals surface area contributed by atoms with Gasteiger partial charge in [-0.1, -0.05) is 12.1 Å². The molecule has 3 aromatic rings. The molecule has 130 valence electrons. The number of hydrogen-bond acceptors (Lipinski definition) is 6. The topological polar surface area (TPSA) is 65.5 Å². The number of aromatic nitrogens is 2. The van der Waals surface area contributed by atoms with E-state index in [1.807, 2.05) is 42.5 Å². The van der Waals surface area contributed by atoms with E-state index in [1.54, 1.807) is 6.33 Å². The lowest BCUT2D eigenvalue weighted by atomic mass is 10.0. The molecule has 2 aliphatic rings. The van der Waals surface area contributed by atoms with Gasteiger partial charge < -0.3 is 19.5 Å². The summed E-state index contributed by atoms with van der Waals surface area (Å²) in [6.45, 7) is 1.74. The maximum atomic E-state index is 5.88. The van der Waals surface area contributed by atoms with Gasteiger partial charge in [0.2, 0.25) is 0 Å². The number of rotatable bonds is 2. The third-order valence-electron chi connectivity index (χ3n) is 4.50. The lowest BCUT2D eigenvalue weighted by Crippen LogP contribution is -2.15. The first-order valence-corrected chi connectivity index (χ1v) is 8.61. The Balaban J connectivity index is 1.54. The average molecular weight is 347 g/mol. The van der Waals surface area contributed by atoms with Crippen molar-refractivity contribution in [2.45, 2.75) is 6.42 Å². The van der Waals surface area contributed by atoms with E-state index >= 15 is 0 Å². The van der Waals surface area contributed by atoms with E-state index in [4.69, 9.17) is 14.2 Å². The molecule has 1 aromatic heterocycles. The molecule has 0 aliphatic carbocycles. The summed E-state index contributed by atoms with van der Waals surface area (Å²) in [5.41, 5.74) is 3.85. The molecule has 26 heavy (non-hydrogen) atoms. The quantitative estimate of drug-likeness (QED) is 0.764. The van der Waals surface area contributed by atoms with Crippen molar-refractivity contribution in [2.24, 2.45) is 0 Å². The molecule has 0 unspecified atom stereocenters. The van der Waals surface area contributed by atoms with Crippen LogP contribution in [0.25, 0.3) is 11.3 Å². The molecule has 6 nitrogen and oxygen atoms in total. The van der Waals surface area contributed by atoms with Crippen LogP contribution in [0, 0.1) is 0 Å². The molecule has 0 radical (unpaired) electrons. The molecule has 0 atom stereocenters. The Kier molecular flexibility index (Phi) is 3.59. The first-order valence-electron chi connectivity index (χ1n) is 8.61. The van der Waals surface area contributed by atoms with Crippen LogP contribution >= 0.6 is 0 Å². The highest BCUT2D eigenvalue weighted by Gasteiger charge is 2.20. The van der Waals surface area contributed by atoms with Crippen molar-refractivity contribution in [2.75, 3.05) is 25.1 Å². The maximum absolute atomic E-state index is 5.88. The van der Waals surface area contributed by atoms with Crippen LogP contribution in [0.4, 0.5) is 11.5 Å². The van der Waals surface area contributed by atoms with E-state index < -0.39 is 0 Å². The van der Waals surface area contributed by atoms with Crippen molar-refractivity contribution in [3.8, 4) is 28.5 Å². The lowest BCUT2D eigenvalue weighted by molar-refractivity contribution is 0.171. The number of nitrogens with zero attached hydrogens (tertiary/aromatic N) is 2. The highest BCUT2D eigenvalue weighted by Crippen LogP contribution is 2.38. The molecule has 0 bridgehead atoms. The van der Waals surface area contributed by atoms with E-state index in [0.717, 1.165) is 52.0 Å². The Labute approximate surface area is 150 Å². The van der Waals surface area contributed by atoms with Gasteiger partial charge in [0.25, 0.3) is 0 Å². The van der Waals surface area contributed by atoms with Gasteiger partial charge in [0.05, 0.1) is 12.3 Å². The van der Waals surface area contributed by atoms with Crippen LogP contribution in [0.15, 0.2) is 48.8 Å². The number of para-hydroxylation sites is 1. The van der Waals surface area contributed by atoms with E-state index in [0.29, 0.717) is 19.8 Å². The average Bonchev–Trinajstić information content (AvgIpc) is 2.88. The highest BCUT2D eigenvalue weighted by atomic mass is 16.6. The van der Waals surface area contributed by atoms with E-state index in [1.165, 1.54) is 0 Å². The molecule has 0 amide bonds. The van der Waals surface area contributed by atoms with Gasteiger partial charge in [-0.2, -0.15) is 0 Å². The third-order valence-corrected chi connectivity index (χ3v) is 4.50. The third kappa shape index (κ3) is 2.60. The number of anilines is 2. The maximum Gasteiger partial charge on any atom is 0.163 e. The molecule has 0 fully saturated rings. The van der Waals surface area contributed by atoms with E-state index in [2.05, 4.69) is 15.3 Å². The van der Waals surface area contributed by atoms with Gasteiger partial charge in [-0.05, 0) is 24.3 Å². The molecule has 5 rings (SSSR count). The van der Waals surface area contributed by atoms with Gasteiger partial charge in [-0.3, -0.25) is 0 Å². The van der Waals surface area contributed by atoms with Gasteiger partial charge in [0, 0.05) is 29.3 Å². The summed E-state index contributed by atoms with van der Waals surface area (Å²) in [7, 11) is 0. The van der Waals surface area contributed by atoms with Gasteiger partial charge in [0.15, 0.2) is 11.5 Å². The summed E-state index contributed by atoms with van der Waals surface area (Å²) < 4.78 is 17.1.